The van der Waals surface area contributed by atoms with E-state index in [4.69, 9.17) is 4.74 Å². The van der Waals surface area contributed by atoms with Gasteiger partial charge in [0.15, 0.2) is 0 Å². The van der Waals surface area contributed by atoms with Crippen LogP contribution < -0.4 is 4.74 Å². The predicted molar refractivity (Wildman–Crippen MR) is 102 cm³/mol. The quantitative estimate of drug-likeness (QED) is 0.772. The maximum absolute atomic E-state index is 12.8. The van der Waals surface area contributed by atoms with Crippen LogP contribution >= 0.6 is 0 Å². The van der Waals surface area contributed by atoms with Crippen molar-refractivity contribution in [3.05, 3.63) is 24.3 Å². The van der Waals surface area contributed by atoms with Crippen molar-refractivity contribution < 1.29 is 17.9 Å². The minimum Gasteiger partial charge on any atom is -0.497 e. The number of fused-ring (bicyclic) bond motifs is 2. The van der Waals surface area contributed by atoms with Crippen LogP contribution in [-0.4, -0.2) is 56.8 Å². The van der Waals surface area contributed by atoms with E-state index in [-0.39, 0.29) is 10.8 Å². The monoisotopic (exact) mass is 392 g/mol. The highest BCUT2D eigenvalue weighted by atomic mass is 32.2. The molecule has 2 saturated carbocycles. The molecule has 6 nitrogen and oxygen atoms in total. The fourth-order valence-corrected chi connectivity index (χ4v) is 6.48. The van der Waals surface area contributed by atoms with E-state index in [1.807, 2.05) is 4.90 Å². The van der Waals surface area contributed by atoms with Gasteiger partial charge in [-0.25, -0.2) is 8.42 Å². The summed E-state index contributed by atoms with van der Waals surface area (Å²) in [7, 11) is -1.97. The molecule has 3 fully saturated rings. The Kier molecular flexibility index (Phi) is 5.16. The van der Waals surface area contributed by atoms with Crippen LogP contribution in [0.4, 0.5) is 0 Å². The summed E-state index contributed by atoms with van der Waals surface area (Å²) in [6.45, 7) is 1.68. The van der Waals surface area contributed by atoms with Crippen molar-refractivity contribution in [3.63, 3.8) is 0 Å². The van der Waals surface area contributed by atoms with Gasteiger partial charge in [-0.3, -0.25) is 4.79 Å². The normalized spacial score (nSPS) is 28.5. The summed E-state index contributed by atoms with van der Waals surface area (Å²) in [4.78, 5) is 14.8. The highest BCUT2D eigenvalue weighted by Gasteiger charge is 2.41. The second kappa shape index (κ2) is 7.43. The molecule has 7 heteroatoms. The molecule has 1 aromatic carbocycles. The zero-order chi connectivity index (χ0) is 19.0. The fourth-order valence-electron chi connectivity index (χ4n) is 5.05. The Morgan fingerprint density at radius 2 is 1.78 bits per heavy atom. The molecule has 4 rings (SSSR count). The Morgan fingerprint density at radius 1 is 1.07 bits per heavy atom. The van der Waals surface area contributed by atoms with Gasteiger partial charge in [-0.05, 0) is 61.3 Å². The van der Waals surface area contributed by atoms with Gasteiger partial charge in [0.2, 0.25) is 15.9 Å². The molecule has 0 N–H and O–H groups in total. The number of methoxy groups -OCH3 is 1. The van der Waals surface area contributed by atoms with Crippen molar-refractivity contribution in [2.45, 2.75) is 37.0 Å². The van der Waals surface area contributed by atoms with Gasteiger partial charge in [0.1, 0.15) is 5.75 Å². The summed E-state index contributed by atoms with van der Waals surface area (Å²) >= 11 is 0. The first kappa shape index (κ1) is 18.7. The van der Waals surface area contributed by atoms with E-state index in [0.29, 0.717) is 44.3 Å². The van der Waals surface area contributed by atoms with E-state index < -0.39 is 10.0 Å². The summed E-state index contributed by atoms with van der Waals surface area (Å²) in [5.41, 5.74) is 0. The molecular weight excluding hydrogens is 364 g/mol. The lowest BCUT2D eigenvalue weighted by Gasteiger charge is -2.35. The first-order valence-corrected chi connectivity index (χ1v) is 11.3. The third-order valence-corrected chi connectivity index (χ3v) is 8.52. The molecular formula is C20H28N2O4S. The van der Waals surface area contributed by atoms with E-state index in [0.717, 1.165) is 11.8 Å². The number of sulfonamides is 1. The molecule has 0 spiro atoms. The van der Waals surface area contributed by atoms with Crippen molar-refractivity contribution in [2.75, 3.05) is 33.3 Å². The summed E-state index contributed by atoms with van der Waals surface area (Å²) in [6.07, 6.45) is 5.80. The van der Waals surface area contributed by atoms with Gasteiger partial charge >= 0.3 is 0 Å². The van der Waals surface area contributed by atoms with Crippen molar-refractivity contribution in [1.29, 1.82) is 0 Å². The molecule has 3 aliphatic rings. The number of benzene rings is 1. The molecule has 0 unspecified atom stereocenters. The number of carbonyl (C=O) groups excluding carboxylic acids is 1. The summed E-state index contributed by atoms with van der Waals surface area (Å²) in [5.74, 6) is 2.98. The lowest BCUT2D eigenvalue weighted by atomic mass is 9.86. The minimum atomic E-state index is -3.53. The van der Waals surface area contributed by atoms with Crippen molar-refractivity contribution in [3.8, 4) is 5.75 Å². The minimum absolute atomic E-state index is 0.203. The van der Waals surface area contributed by atoms with Crippen LogP contribution in [0.3, 0.4) is 0 Å². The van der Waals surface area contributed by atoms with E-state index in [1.165, 1.54) is 30.0 Å². The Labute approximate surface area is 161 Å². The van der Waals surface area contributed by atoms with Crippen LogP contribution in [0.15, 0.2) is 29.2 Å². The van der Waals surface area contributed by atoms with Gasteiger partial charge in [-0.15, -0.1) is 0 Å². The van der Waals surface area contributed by atoms with Gasteiger partial charge in [0.05, 0.1) is 12.0 Å². The maximum atomic E-state index is 12.8. The Hall–Kier alpha value is -1.60. The highest BCUT2D eigenvalue weighted by molar-refractivity contribution is 7.89. The molecule has 1 aromatic rings. The third kappa shape index (κ3) is 3.72. The lowest BCUT2D eigenvalue weighted by molar-refractivity contribution is -0.133. The van der Waals surface area contributed by atoms with E-state index in [1.54, 1.807) is 31.4 Å². The Balaban J connectivity index is 1.33. The van der Waals surface area contributed by atoms with Crippen molar-refractivity contribution in [1.82, 2.24) is 9.21 Å². The predicted octanol–water partition coefficient (Wildman–Crippen LogP) is 2.35. The first-order valence-electron chi connectivity index (χ1n) is 9.89. The zero-order valence-corrected chi connectivity index (χ0v) is 16.7. The molecule has 2 aliphatic carbocycles. The van der Waals surface area contributed by atoms with Crippen LogP contribution in [0, 0.1) is 17.8 Å². The number of carbonyl (C=O) groups is 1. The average Bonchev–Trinajstić information content (AvgIpc) is 3.31. The molecule has 1 aliphatic heterocycles. The summed E-state index contributed by atoms with van der Waals surface area (Å²) < 4.78 is 32.2. The summed E-state index contributed by atoms with van der Waals surface area (Å²) in [5, 5.41) is 0. The lowest BCUT2D eigenvalue weighted by Crippen LogP contribution is -2.50. The number of ether oxygens (including phenoxy) is 1. The molecule has 3 atom stereocenters. The van der Waals surface area contributed by atoms with Crippen molar-refractivity contribution in [2.24, 2.45) is 17.8 Å². The number of amides is 1. The van der Waals surface area contributed by atoms with E-state index in [9.17, 15) is 13.2 Å². The molecule has 1 heterocycles. The molecule has 0 radical (unpaired) electrons. The van der Waals surface area contributed by atoms with Gasteiger partial charge in [-0.2, -0.15) is 4.31 Å². The third-order valence-electron chi connectivity index (χ3n) is 6.61. The van der Waals surface area contributed by atoms with Crippen LogP contribution in [-0.2, 0) is 14.8 Å². The van der Waals surface area contributed by atoms with Gasteiger partial charge in [0, 0.05) is 32.6 Å². The van der Waals surface area contributed by atoms with Crippen LogP contribution in [0.5, 0.6) is 5.75 Å². The highest BCUT2D eigenvalue weighted by Crippen LogP contribution is 2.49. The number of piperazine rings is 1. The van der Waals surface area contributed by atoms with Crippen molar-refractivity contribution >= 4 is 15.9 Å². The Bertz CT molecular complexity index is 785. The standard InChI is InChI=1S/C20H28N2O4S/c1-26-18-4-6-19(7-5-18)27(24,25)22-10-8-21(9-11-22)20(23)14-17-13-15-2-3-16(17)12-15/h4-7,15-17H,2-3,8-14H2,1H3/t15-,16-,17-/m1/s1. The smallest absolute Gasteiger partial charge is 0.243 e. The SMILES string of the molecule is COc1ccc(S(=O)(=O)N2CCN(C(=O)C[C@H]3C[C@@H]4CC[C@@H]3C4)CC2)cc1. The van der Waals surface area contributed by atoms with Gasteiger partial charge < -0.3 is 9.64 Å². The molecule has 2 bridgehead atoms. The largest absolute Gasteiger partial charge is 0.497 e. The fraction of sp³-hybridized carbons (Fsp3) is 0.650. The molecule has 148 valence electrons. The van der Waals surface area contributed by atoms with Crippen LogP contribution in [0.2, 0.25) is 0 Å². The molecule has 1 amide bonds. The zero-order valence-electron chi connectivity index (χ0n) is 15.8. The molecule has 27 heavy (non-hydrogen) atoms. The van der Waals surface area contributed by atoms with E-state index >= 15 is 0 Å². The molecule has 0 aromatic heterocycles. The first-order chi connectivity index (χ1) is 13.0. The van der Waals surface area contributed by atoms with Gasteiger partial charge in [0.25, 0.3) is 0 Å². The number of rotatable bonds is 5. The Morgan fingerprint density at radius 3 is 2.33 bits per heavy atom. The number of nitrogens with zero attached hydrogens (tertiary/aromatic N) is 2. The second-order valence-electron chi connectivity index (χ2n) is 8.10. The van der Waals surface area contributed by atoms with E-state index in [2.05, 4.69) is 0 Å². The topological polar surface area (TPSA) is 66.9 Å². The summed E-state index contributed by atoms with van der Waals surface area (Å²) in [6, 6.07) is 6.45. The van der Waals surface area contributed by atoms with Gasteiger partial charge in [-0.1, -0.05) is 6.42 Å². The number of hydrogen-bond acceptors (Lipinski definition) is 4. The number of hydrogen-bond donors (Lipinski definition) is 0. The maximum Gasteiger partial charge on any atom is 0.243 e. The van der Waals surface area contributed by atoms with Crippen LogP contribution in [0.1, 0.15) is 32.1 Å². The van der Waals surface area contributed by atoms with Crippen LogP contribution in [0.25, 0.3) is 0 Å². The average molecular weight is 393 g/mol. The molecule has 1 saturated heterocycles. The second-order valence-corrected chi connectivity index (χ2v) is 10.0.